The summed E-state index contributed by atoms with van der Waals surface area (Å²) in [6.45, 7) is 0. The Bertz CT molecular complexity index is 1770. The molecule has 0 saturated heterocycles. The van der Waals surface area contributed by atoms with Gasteiger partial charge < -0.3 is 20.4 Å². The minimum absolute atomic E-state index is 0.0343. The topological polar surface area (TPSA) is 166 Å². The number of carbonyl (C=O) groups excluding carboxylic acids is 1. The predicted octanol–water partition coefficient (Wildman–Crippen LogP) is 5.94. The van der Waals surface area contributed by atoms with Gasteiger partial charge in [0.05, 0.1) is 21.5 Å². The van der Waals surface area contributed by atoms with Crippen LogP contribution in [0.3, 0.4) is 0 Å². The molecule has 178 valence electrons. The lowest BCUT2D eigenvalue weighted by atomic mass is 10.0. The fourth-order valence-electron chi connectivity index (χ4n) is 3.73. The lowest BCUT2D eigenvalue weighted by Crippen LogP contribution is -2.12. The Morgan fingerprint density at radius 1 is 1.00 bits per heavy atom. The number of imidazole rings is 1. The number of H-pyrrole nitrogens is 2. The van der Waals surface area contributed by atoms with Crippen LogP contribution < -0.4 is 11.0 Å². The monoisotopic (exact) mass is 502 g/mol. The molecule has 0 radical (unpaired) electrons. The van der Waals surface area contributed by atoms with E-state index in [0.29, 0.717) is 27.5 Å². The molecule has 5 aromatic rings. The number of anilines is 1. The number of hydrogen-bond acceptors (Lipinski definition) is 7. The second-order valence-electron chi connectivity index (χ2n) is 7.73. The molecule has 5 rings (SSSR count). The molecule has 1 amide bonds. The minimum Gasteiger partial charge on any atom is -0.505 e. The molecule has 12 heteroatoms. The van der Waals surface area contributed by atoms with Crippen molar-refractivity contribution in [3.63, 3.8) is 0 Å². The Morgan fingerprint density at radius 2 is 1.78 bits per heavy atom. The smallest absolute Gasteiger partial charge is 0.323 e. The zero-order valence-electron chi connectivity index (χ0n) is 18.2. The molecule has 0 fully saturated rings. The van der Waals surface area contributed by atoms with Crippen molar-refractivity contribution in [2.75, 3.05) is 5.32 Å². The summed E-state index contributed by atoms with van der Waals surface area (Å²) in [5.74, 6) is -1.09. The summed E-state index contributed by atoms with van der Waals surface area (Å²) in [4.78, 5) is 40.6. The second kappa shape index (κ2) is 8.96. The van der Waals surface area contributed by atoms with Crippen molar-refractivity contribution >= 4 is 62.1 Å². The first-order valence-electron chi connectivity index (χ1n) is 10.4. The number of nitrogens with zero attached hydrogens (tertiary/aromatic N) is 3. The maximum atomic E-state index is 13.1. The quantitative estimate of drug-likeness (QED) is 0.132. The van der Waals surface area contributed by atoms with Crippen LogP contribution in [-0.4, -0.2) is 25.9 Å². The molecule has 0 spiro atoms. The Hall–Kier alpha value is -5.03. The number of halogens is 1. The number of nitro benzene ring substituents is 1. The normalized spacial score (nSPS) is 11.4. The maximum Gasteiger partial charge on any atom is 0.323 e. The average molecular weight is 503 g/mol. The fourth-order valence-corrected chi connectivity index (χ4v) is 3.90. The molecule has 0 aliphatic heterocycles. The van der Waals surface area contributed by atoms with E-state index in [1.54, 1.807) is 42.5 Å². The molecule has 0 unspecified atom stereocenters. The van der Waals surface area contributed by atoms with E-state index >= 15 is 0 Å². The van der Waals surface area contributed by atoms with Gasteiger partial charge in [0, 0.05) is 22.2 Å². The Balaban J connectivity index is 1.57. The van der Waals surface area contributed by atoms with Crippen LogP contribution in [0.1, 0.15) is 10.4 Å². The molecule has 0 aliphatic carbocycles. The van der Waals surface area contributed by atoms with Gasteiger partial charge in [-0.25, -0.2) is 4.79 Å². The molecule has 36 heavy (non-hydrogen) atoms. The average Bonchev–Trinajstić information content (AvgIpc) is 3.23. The van der Waals surface area contributed by atoms with E-state index in [9.17, 15) is 24.8 Å². The highest BCUT2D eigenvalue weighted by atomic mass is 35.5. The third-order valence-corrected chi connectivity index (χ3v) is 5.64. The van der Waals surface area contributed by atoms with Crippen molar-refractivity contribution in [2.24, 2.45) is 10.2 Å². The van der Waals surface area contributed by atoms with Gasteiger partial charge in [-0.05, 0) is 41.8 Å². The van der Waals surface area contributed by atoms with Crippen molar-refractivity contribution in [1.82, 2.24) is 9.97 Å². The number of amides is 1. The highest BCUT2D eigenvalue weighted by Gasteiger charge is 2.20. The number of aromatic nitrogens is 2. The summed E-state index contributed by atoms with van der Waals surface area (Å²) in [5, 5.41) is 34.3. The number of carbonyl (C=O) groups is 1. The van der Waals surface area contributed by atoms with Gasteiger partial charge in [-0.3, -0.25) is 14.9 Å². The van der Waals surface area contributed by atoms with Crippen LogP contribution in [0.5, 0.6) is 5.75 Å². The minimum atomic E-state index is -0.642. The lowest BCUT2D eigenvalue weighted by molar-refractivity contribution is -0.384. The van der Waals surface area contributed by atoms with Gasteiger partial charge in [0.25, 0.3) is 11.6 Å². The molecule has 11 nitrogen and oxygen atoms in total. The Labute approximate surface area is 206 Å². The largest absolute Gasteiger partial charge is 0.505 e. The summed E-state index contributed by atoms with van der Waals surface area (Å²) >= 11 is 5.86. The van der Waals surface area contributed by atoms with Crippen molar-refractivity contribution in [3.05, 3.63) is 97.9 Å². The van der Waals surface area contributed by atoms with E-state index in [2.05, 4.69) is 25.5 Å². The summed E-state index contributed by atoms with van der Waals surface area (Å²) in [5.41, 5.74) is 0.527. The molecule has 0 bridgehead atoms. The van der Waals surface area contributed by atoms with E-state index < -0.39 is 16.6 Å². The van der Waals surface area contributed by atoms with Gasteiger partial charge in [-0.1, -0.05) is 35.9 Å². The summed E-state index contributed by atoms with van der Waals surface area (Å²) in [6, 6.07) is 17.1. The highest BCUT2D eigenvalue weighted by molar-refractivity contribution is 6.30. The number of hydrogen-bond donors (Lipinski definition) is 4. The molecule has 1 aromatic heterocycles. The van der Waals surface area contributed by atoms with Crippen LogP contribution in [0.15, 0.2) is 81.8 Å². The molecule has 0 saturated carbocycles. The molecule has 0 aliphatic rings. The molecular formula is C24H15ClN6O5. The molecular weight excluding hydrogens is 488 g/mol. The van der Waals surface area contributed by atoms with Gasteiger partial charge in [0.15, 0.2) is 11.4 Å². The lowest BCUT2D eigenvalue weighted by Gasteiger charge is -2.11. The summed E-state index contributed by atoms with van der Waals surface area (Å²) in [7, 11) is 0. The highest BCUT2D eigenvalue weighted by Crippen LogP contribution is 2.40. The first-order chi connectivity index (χ1) is 17.3. The first kappa shape index (κ1) is 22.7. The van der Waals surface area contributed by atoms with Crippen molar-refractivity contribution < 1.29 is 14.8 Å². The number of phenolic OH excluding ortho intramolecular Hbond substituents is 1. The maximum absolute atomic E-state index is 13.1. The summed E-state index contributed by atoms with van der Waals surface area (Å²) in [6.07, 6.45) is 0. The number of rotatable bonds is 5. The number of nitro groups is 1. The van der Waals surface area contributed by atoms with E-state index in [1.807, 2.05) is 0 Å². The van der Waals surface area contributed by atoms with Gasteiger partial charge in [0.1, 0.15) is 5.69 Å². The van der Waals surface area contributed by atoms with Gasteiger partial charge in [0.2, 0.25) is 0 Å². The molecule has 4 aromatic carbocycles. The predicted molar refractivity (Wildman–Crippen MR) is 135 cm³/mol. The van der Waals surface area contributed by atoms with Crippen LogP contribution >= 0.6 is 11.6 Å². The van der Waals surface area contributed by atoms with Crippen LogP contribution in [0, 0.1) is 10.1 Å². The third kappa shape index (κ3) is 4.26. The number of fused-ring (bicyclic) bond motifs is 2. The van der Waals surface area contributed by atoms with Gasteiger partial charge in [-0.2, -0.15) is 0 Å². The van der Waals surface area contributed by atoms with Crippen LogP contribution in [0.4, 0.5) is 22.7 Å². The Kier molecular flexibility index (Phi) is 5.66. The Morgan fingerprint density at radius 3 is 2.58 bits per heavy atom. The van der Waals surface area contributed by atoms with Crippen LogP contribution in [-0.2, 0) is 0 Å². The van der Waals surface area contributed by atoms with Crippen molar-refractivity contribution in [3.8, 4) is 5.75 Å². The number of benzene rings is 4. The van der Waals surface area contributed by atoms with Gasteiger partial charge >= 0.3 is 5.69 Å². The first-order valence-corrected chi connectivity index (χ1v) is 10.8. The number of azo groups is 1. The van der Waals surface area contributed by atoms with Crippen molar-refractivity contribution in [1.29, 1.82) is 0 Å². The van der Waals surface area contributed by atoms with Crippen LogP contribution in [0.2, 0.25) is 5.02 Å². The zero-order chi connectivity index (χ0) is 25.4. The SMILES string of the molecule is O=C(Nc1ccc2[nH]c(=O)[nH]c2c1)c1cc2ccccc2c(N=Nc2ccc(Cl)cc2[N+](=O)[O-])c1O. The van der Waals surface area contributed by atoms with Crippen LogP contribution in [0.25, 0.3) is 21.8 Å². The summed E-state index contributed by atoms with van der Waals surface area (Å²) < 4.78 is 0. The number of aromatic amines is 2. The van der Waals surface area contributed by atoms with E-state index in [0.717, 1.165) is 6.07 Å². The number of aromatic hydroxyl groups is 1. The zero-order valence-corrected chi connectivity index (χ0v) is 18.9. The van der Waals surface area contributed by atoms with E-state index in [4.69, 9.17) is 11.6 Å². The molecule has 4 N–H and O–H groups in total. The second-order valence-corrected chi connectivity index (χ2v) is 8.16. The standard InChI is InChI=1S/C24H15ClN6O5/c25-13-5-7-18(20(10-13)31(35)36)29-30-21-15-4-2-1-3-12(15)9-16(22(21)32)23(33)26-14-6-8-17-19(11-14)28-24(34)27-17/h1-11,32H,(H,26,33)(H2,27,28,34). The fraction of sp³-hybridized carbons (Fsp3) is 0. The van der Waals surface area contributed by atoms with E-state index in [-0.39, 0.29) is 33.3 Å². The number of phenols is 1. The third-order valence-electron chi connectivity index (χ3n) is 5.41. The molecule has 1 heterocycles. The van der Waals surface area contributed by atoms with E-state index in [1.165, 1.54) is 18.2 Å². The number of nitrogens with one attached hydrogen (secondary N) is 3. The van der Waals surface area contributed by atoms with Gasteiger partial charge in [-0.15, -0.1) is 10.2 Å². The molecule has 0 atom stereocenters. The van der Waals surface area contributed by atoms with Crippen molar-refractivity contribution in [2.45, 2.75) is 0 Å².